The molecule has 14 heavy (non-hydrogen) atoms. The molecule has 1 fully saturated rings. The van der Waals surface area contributed by atoms with Crippen LogP contribution in [0.4, 0.5) is 0 Å². The van der Waals surface area contributed by atoms with E-state index in [0.29, 0.717) is 13.1 Å². The van der Waals surface area contributed by atoms with Gasteiger partial charge in [-0.2, -0.15) is 0 Å². The predicted molar refractivity (Wildman–Crippen MR) is 48.9 cm³/mol. The summed E-state index contributed by atoms with van der Waals surface area (Å²) in [6, 6.07) is 0. The van der Waals surface area contributed by atoms with Crippen LogP contribution in [0.5, 0.6) is 0 Å². The first-order valence-corrected chi connectivity index (χ1v) is 4.68. The summed E-state index contributed by atoms with van der Waals surface area (Å²) in [5, 5.41) is 8.39. The molecule has 1 aliphatic rings. The molecule has 0 atom stereocenters. The van der Waals surface area contributed by atoms with Crippen molar-refractivity contribution in [3.63, 3.8) is 0 Å². The molecule has 1 heterocycles. The first-order valence-electron chi connectivity index (χ1n) is 4.68. The van der Waals surface area contributed by atoms with E-state index in [-0.39, 0.29) is 18.6 Å². The third-order valence-corrected chi connectivity index (χ3v) is 2.33. The minimum atomic E-state index is -0.945. The summed E-state index contributed by atoms with van der Waals surface area (Å²) in [7, 11) is 0. The molecule has 0 aliphatic carbocycles. The van der Waals surface area contributed by atoms with E-state index in [9.17, 15) is 9.59 Å². The van der Waals surface area contributed by atoms with E-state index in [1.807, 2.05) is 0 Å². The molecule has 0 spiro atoms. The fourth-order valence-electron chi connectivity index (χ4n) is 1.53. The monoisotopic (exact) mass is 201 g/mol. The number of carboxylic acid groups (broad SMARTS) is 1. The molecule has 1 amide bonds. The van der Waals surface area contributed by atoms with Crippen molar-refractivity contribution in [2.45, 2.75) is 25.9 Å². The first-order chi connectivity index (χ1) is 6.59. The third-order valence-electron chi connectivity index (χ3n) is 2.33. The van der Waals surface area contributed by atoms with Crippen LogP contribution >= 0.6 is 0 Å². The molecule has 0 aromatic rings. The van der Waals surface area contributed by atoms with E-state index >= 15 is 0 Å². The Morgan fingerprint density at radius 2 is 2.00 bits per heavy atom. The lowest BCUT2D eigenvalue weighted by Crippen LogP contribution is -2.40. The van der Waals surface area contributed by atoms with Crippen LogP contribution in [0.2, 0.25) is 0 Å². The normalized spacial score (nSPS) is 18.2. The average molecular weight is 201 g/mol. The summed E-state index contributed by atoms with van der Waals surface area (Å²) >= 11 is 0. The highest BCUT2D eigenvalue weighted by molar-refractivity contribution is 5.73. The molecule has 0 saturated carbocycles. The molecular weight excluding hydrogens is 186 g/mol. The zero-order valence-electron chi connectivity index (χ0n) is 8.23. The molecule has 5 heteroatoms. The number of ether oxygens (including phenoxy) is 1. The van der Waals surface area contributed by atoms with Crippen molar-refractivity contribution < 1.29 is 19.4 Å². The summed E-state index contributed by atoms with van der Waals surface area (Å²) in [6.45, 7) is 2.63. The van der Waals surface area contributed by atoms with Crippen molar-refractivity contribution in [1.82, 2.24) is 4.90 Å². The van der Waals surface area contributed by atoms with E-state index in [4.69, 9.17) is 9.84 Å². The van der Waals surface area contributed by atoms with Crippen molar-refractivity contribution in [1.29, 1.82) is 0 Å². The quantitative estimate of drug-likeness (QED) is 0.703. The van der Waals surface area contributed by atoms with E-state index in [0.717, 1.165) is 12.8 Å². The van der Waals surface area contributed by atoms with Crippen molar-refractivity contribution in [2.24, 2.45) is 0 Å². The third kappa shape index (κ3) is 3.33. The van der Waals surface area contributed by atoms with Crippen molar-refractivity contribution >= 4 is 11.9 Å². The Hall–Kier alpha value is -1.10. The van der Waals surface area contributed by atoms with Gasteiger partial charge in [0.1, 0.15) is 6.61 Å². The maximum absolute atomic E-state index is 11.0. The first kappa shape index (κ1) is 11.0. The lowest BCUT2D eigenvalue weighted by molar-refractivity contribution is -0.146. The van der Waals surface area contributed by atoms with Gasteiger partial charge < -0.3 is 14.7 Å². The van der Waals surface area contributed by atoms with Gasteiger partial charge >= 0.3 is 5.97 Å². The van der Waals surface area contributed by atoms with Gasteiger partial charge in [-0.3, -0.25) is 4.79 Å². The van der Waals surface area contributed by atoms with Crippen LogP contribution in [0.25, 0.3) is 0 Å². The average Bonchev–Trinajstić information content (AvgIpc) is 2.15. The number of nitrogens with zero attached hydrogens (tertiary/aromatic N) is 1. The van der Waals surface area contributed by atoms with Crippen LogP contribution in [-0.4, -0.2) is 47.7 Å². The molecule has 5 nitrogen and oxygen atoms in total. The molecular formula is C9H15NO4. The maximum Gasteiger partial charge on any atom is 0.329 e. The number of carbonyl (C=O) groups excluding carboxylic acids is 1. The van der Waals surface area contributed by atoms with Gasteiger partial charge in [0.05, 0.1) is 6.10 Å². The molecule has 1 rings (SSSR count). The maximum atomic E-state index is 11.0. The molecule has 1 aliphatic heterocycles. The van der Waals surface area contributed by atoms with Crippen molar-refractivity contribution in [3.8, 4) is 0 Å². The number of amides is 1. The number of likely N-dealkylation sites (tertiary alicyclic amines) is 1. The Balaban J connectivity index is 2.22. The highest BCUT2D eigenvalue weighted by Gasteiger charge is 2.21. The summed E-state index contributed by atoms with van der Waals surface area (Å²) in [5.41, 5.74) is 0. The van der Waals surface area contributed by atoms with Gasteiger partial charge in [-0.1, -0.05) is 0 Å². The minimum Gasteiger partial charge on any atom is -0.480 e. The summed E-state index contributed by atoms with van der Waals surface area (Å²) in [6.07, 6.45) is 1.45. The van der Waals surface area contributed by atoms with Crippen LogP contribution in [-0.2, 0) is 14.3 Å². The summed E-state index contributed by atoms with van der Waals surface area (Å²) < 4.78 is 5.13. The molecule has 0 aromatic carbocycles. The molecule has 0 bridgehead atoms. The highest BCUT2D eigenvalue weighted by Crippen LogP contribution is 2.13. The Kier molecular flexibility index (Phi) is 3.88. The topological polar surface area (TPSA) is 66.8 Å². The van der Waals surface area contributed by atoms with Gasteiger partial charge in [0.25, 0.3) is 0 Å². The number of piperidine rings is 1. The Bertz CT molecular complexity index is 221. The molecule has 0 unspecified atom stereocenters. The van der Waals surface area contributed by atoms with Crippen LogP contribution in [0.1, 0.15) is 19.8 Å². The SMILES string of the molecule is CC(=O)N1CCC(OCC(=O)O)CC1. The second-order valence-electron chi connectivity index (χ2n) is 3.41. The lowest BCUT2D eigenvalue weighted by Gasteiger charge is -2.30. The van der Waals surface area contributed by atoms with E-state index in [1.54, 1.807) is 11.8 Å². The number of hydrogen-bond acceptors (Lipinski definition) is 3. The highest BCUT2D eigenvalue weighted by atomic mass is 16.5. The molecule has 1 N–H and O–H groups in total. The van der Waals surface area contributed by atoms with E-state index in [1.165, 1.54) is 0 Å². The van der Waals surface area contributed by atoms with E-state index in [2.05, 4.69) is 0 Å². The fourth-order valence-corrected chi connectivity index (χ4v) is 1.53. The van der Waals surface area contributed by atoms with Gasteiger partial charge in [-0.25, -0.2) is 4.79 Å². The largest absolute Gasteiger partial charge is 0.480 e. The number of aliphatic carboxylic acids is 1. The summed E-state index contributed by atoms with van der Waals surface area (Å²) in [5.74, 6) is -0.874. The van der Waals surface area contributed by atoms with Gasteiger partial charge in [-0.15, -0.1) is 0 Å². The van der Waals surface area contributed by atoms with Crippen LogP contribution < -0.4 is 0 Å². The van der Waals surface area contributed by atoms with Crippen LogP contribution in [0, 0.1) is 0 Å². The Morgan fingerprint density at radius 1 is 1.43 bits per heavy atom. The summed E-state index contributed by atoms with van der Waals surface area (Å²) in [4.78, 5) is 22.9. The molecule has 0 radical (unpaired) electrons. The Labute approximate surface area is 82.6 Å². The van der Waals surface area contributed by atoms with E-state index < -0.39 is 5.97 Å². The number of hydrogen-bond donors (Lipinski definition) is 1. The molecule has 80 valence electrons. The zero-order chi connectivity index (χ0) is 10.6. The van der Waals surface area contributed by atoms with Crippen LogP contribution in [0.3, 0.4) is 0 Å². The molecule has 1 saturated heterocycles. The fraction of sp³-hybridized carbons (Fsp3) is 0.778. The Morgan fingerprint density at radius 3 is 2.43 bits per heavy atom. The smallest absolute Gasteiger partial charge is 0.329 e. The second-order valence-corrected chi connectivity index (χ2v) is 3.41. The molecule has 0 aromatic heterocycles. The van der Waals surface area contributed by atoms with Gasteiger partial charge in [0.15, 0.2) is 0 Å². The van der Waals surface area contributed by atoms with Gasteiger partial charge in [0, 0.05) is 20.0 Å². The zero-order valence-corrected chi connectivity index (χ0v) is 8.23. The predicted octanol–water partition coefficient (Wildman–Crippen LogP) is 0.0985. The lowest BCUT2D eigenvalue weighted by atomic mass is 10.1. The minimum absolute atomic E-state index is 0.0123. The number of rotatable bonds is 3. The van der Waals surface area contributed by atoms with Gasteiger partial charge in [-0.05, 0) is 12.8 Å². The number of carboxylic acids is 1. The van der Waals surface area contributed by atoms with Gasteiger partial charge in [0.2, 0.25) is 5.91 Å². The number of carbonyl (C=O) groups is 2. The second kappa shape index (κ2) is 4.95. The van der Waals surface area contributed by atoms with Crippen molar-refractivity contribution in [2.75, 3.05) is 19.7 Å². The standard InChI is InChI=1S/C9H15NO4/c1-7(11)10-4-2-8(3-5-10)14-6-9(12)13/h8H,2-6H2,1H3,(H,12,13). The van der Waals surface area contributed by atoms with Crippen molar-refractivity contribution in [3.05, 3.63) is 0 Å². The van der Waals surface area contributed by atoms with Crippen LogP contribution in [0.15, 0.2) is 0 Å².